The predicted octanol–water partition coefficient (Wildman–Crippen LogP) is 1.65. The number of amides is 1. The lowest BCUT2D eigenvalue weighted by Gasteiger charge is -2.24. The van der Waals surface area contributed by atoms with Gasteiger partial charge in [0.25, 0.3) is 0 Å². The van der Waals surface area contributed by atoms with E-state index in [1.165, 1.54) is 0 Å². The van der Waals surface area contributed by atoms with Gasteiger partial charge < -0.3 is 4.74 Å². The molecule has 4 heteroatoms. The fraction of sp³-hybridized carbons (Fsp3) is 0.900. The van der Waals surface area contributed by atoms with Gasteiger partial charge in [-0.1, -0.05) is 0 Å². The van der Waals surface area contributed by atoms with Crippen LogP contribution in [0.1, 0.15) is 41.0 Å². The Hall–Kier alpha value is -0.610. The SMILES string of the molecule is COC(C)(C)CC(=O)NOC(C)(C)C. The number of hydrogen-bond acceptors (Lipinski definition) is 3. The van der Waals surface area contributed by atoms with Gasteiger partial charge in [0.15, 0.2) is 0 Å². The summed E-state index contributed by atoms with van der Waals surface area (Å²) in [4.78, 5) is 16.5. The summed E-state index contributed by atoms with van der Waals surface area (Å²) in [5.41, 5.74) is 1.57. The van der Waals surface area contributed by atoms with Crippen molar-refractivity contribution in [2.75, 3.05) is 7.11 Å². The molecule has 0 saturated carbocycles. The molecule has 0 saturated heterocycles. The molecule has 0 aliphatic rings. The van der Waals surface area contributed by atoms with Gasteiger partial charge in [0.05, 0.1) is 17.6 Å². The van der Waals surface area contributed by atoms with E-state index < -0.39 is 5.60 Å². The maximum atomic E-state index is 11.3. The number of hydroxylamine groups is 1. The van der Waals surface area contributed by atoms with Crippen LogP contribution >= 0.6 is 0 Å². The molecule has 0 aliphatic heterocycles. The Morgan fingerprint density at radius 2 is 1.71 bits per heavy atom. The average Bonchev–Trinajstić information content (AvgIpc) is 1.99. The van der Waals surface area contributed by atoms with Crippen molar-refractivity contribution in [1.29, 1.82) is 0 Å². The normalized spacial score (nSPS) is 12.7. The zero-order valence-electron chi connectivity index (χ0n) is 9.93. The van der Waals surface area contributed by atoms with Crippen LogP contribution in [0.5, 0.6) is 0 Å². The smallest absolute Gasteiger partial charge is 0.246 e. The topological polar surface area (TPSA) is 47.6 Å². The number of rotatable bonds is 4. The lowest BCUT2D eigenvalue weighted by Crippen LogP contribution is -2.38. The van der Waals surface area contributed by atoms with Crippen LogP contribution in [0.15, 0.2) is 0 Å². The Bertz CT molecular complexity index is 194. The second-order valence-corrected chi connectivity index (χ2v) is 4.88. The van der Waals surface area contributed by atoms with E-state index >= 15 is 0 Å². The maximum absolute atomic E-state index is 11.3. The standard InChI is InChI=1S/C10H21NO3/c1-9(2,3)14-11-8(12)7-10(4,5)13-6/h7H2,1-6H3,(H,11,12). The van der Waals surface area contributed by atoms with Crippen molar-refractivity contribution >= 4 is 5.91 Å². The van der Waals surface area contributed by atoms with Gasteiger partial charge in [-0.15, -0.1) is 0 Å². The molecule has 0 spiro atoms. The van der Waals surface area contributed by atoms with E-state index in [-0.39, 0.29) is 17.9 Å². The van der Waals surface area contributed by atoms with Crippen LogP contribution in [0, 0.1) is 0 Å². The molecule has 0 aliphatic carbocycles. The Balaban J connectivity index is 3.89. The molecule has 0 fully saturated rings. The molecule has 1 N–H and O–H groups in total. The monoisotopic (exact) mass is 203 g/mol. The number of hydrogen-bond donors (Lipinski definition) is 1. The first-order chi connectivity index (χ1) is 6.16. The first kappa shape index (κ1) is 13.4. The maximum Gasteiger partial charge on any atom is 0.246 e. The Labute approximate surface area is 85.9 Å². The number of carbonyl (C=O) groups excluding carboxylic acids is 1. The van der Waals surface area contributed by atoms with Crippen molar-refractivity contribution in [3.05, 3.63) is 0 Å². The number of carbonyl (C=O) groups is 1. The summed E-state index contributed by atoms with van der Waals surface area (Å²) in [6.45, 7) is 9.31. The first-order valence-corrected chi connectivity index (χ1v) is 4.68. The molecule has 0 bridgehead atoms. The molecule has 4 nitrogen and oxygen atoms in total. The minimum atomic E-state index is -0.453. The molecule has 0 aromatic rings. The summed E-state index contributed by atoms with van der Waals surface area (Å²) in [7, 11) is 1.58. The summed E-state index contributed by atoms with van der Waals surface area (Å²) in [5, 5.41) is 0. The highest BCUT2D eigenvalue weighted by atomic mass is 16.7. The minimum Gasteiger partial charge on any atom is -0.378 e. The third-order valence-corrected chi connectivity index (χ3v) is 1.61. The van der Waals surface area contributed by atoms with Crippen LogP contribution in [0.2, 0.25) is 0 Å². The van der Waals surface area contributed by atoms with Crippen LogP contribution in [0.3, 0.4) is 0 Å². The zero-order valence-corrected chi connectivity index (χ0v) is 9.93. The number of methoxy groups -OCH3 is 1. The minimum absolute atomic E-state index is 0.174. The van der Waals surface area contributed by atoms with Crippen molar-refractivity contribution in [1.82, 2.24) is 5.48 Å². The van der Waals surface area contributed by atoms with Crippen molar-refractivity contribution < 1.29 is 14.4 Å². The van der Waals surface area contributed by atoms with E-state index in [4.69, 9.17) is 9.57 Å². The third-order valence-electron chi connectivity index (χ3n) is 1.61. The summed E-state index contributed by atoms with van der Waals surface area (Å²) in [6, 6.07) is 0. The van der Waals surface area contributed by atoms with Crippen LogP contribution in [-0.2, 0) is 14.4 Å². The summed E-state index contributed by atoms with van der Waals surface area (Å²) in [5.74, 6) is -0.174. The second kappa shape index (κ2) is 4.75. The fourth-order valence-corrected chi connectivity index (χ4v) is 0.705. The van der Waals surface area contributed by atoms with Gasteiger partial charge in [-0.05, 0) is 34.6 Å². The van der Waals surface area contributed by atoms with Gasteiger partial charge in [-0.3, -0.25) is 9.63 Å². The van der Waals surface area contributed by atoms with Crippen molar-refractivity contribution in [3.63, 3.8) is 0 Å². The van der Waals surface area contributed by atoms with Crippen LogP contribution in [0.4, 0.5) is 0 Å². The molecule has 0 rings (SSSR count). The molecule has 0 aromatic heterocycles. The zero-order chi connectivity index (χ0) is 11.4. The van der Waals surface area contributed by atoms with E-state index in [1.807, 2.05) is 34.6 Å². The van der Waals surface area contributed by atoms with Gasteiger partial charge in [0.2, 0.25) is 5.91 Å². The first-order valence-electron chi connectivity index (χ1n) is 4.68. The summed E-state index contributed by atoms with van der Waals surface area (Å²) >= 11 is 0. The van der Waals surface area contributed by atoms with Gasteiger partial charge in [0.1, 0.15) is 0 Å². The summed E-state index contributed by atoms with van der Waals surface area (Å²) in [6.07, 6.45) is 0.277. The number of ether oxygens (including phenoxy) is 1. The number of nitrogens with one attached hydrogen (secondary N) is 1. The molecular formula is C10H21NO3. The molecule has 0 unspecified atom stereocenters. The van der Waals surface area contributed by atoms with Gasteiger partial charge in [-0.25, -0.2) is 5.48 Å². The summed E-state index contributed by atoms with van der Waals surface area (Å²) < 4.78 is 5.12. The molecular weight excluding hydrogens is 182 g/mol. The van der Waals surface area contributed by atoms with Crippen molar-refractivity contribution in [2.24, 2.45) is 0 Å². The molecule has 84 valence electrons. The lowest BCUT2D eigenvalue weighted by atomic mass is 10.1. The van der Waals surface area contributed by atoms with Gasteiger partial charge >= 0.3 is 0 Å². The molecule has 0 aromatic carbocycles. The highest BCUT2D eigenvalue weighted by Gasteiger charge is 2.22. The highest BCUT2D eigenvalue weighted by molar-refractivity contribution is 5.75. The van der Waals surface area contributed by atoms with Gasteiger partial charge in [-0.2, -0.15) is 0 Å². The quantitative estimate of drug-likeness (QED) is 0.707. The van der Waals surface area contributed by atoms with E-state index in [9.17, 15) is 4.79 Å². The van der Waals surface area contributed by atoms with Crippen LogP contribution < -0.4 is 5.48 Å². The largest absolute Gasteiger partial charge is 0.378 e. The van der Waals surface area contributed by atoms with E-state index in [2.05, 4.69) is 5.48 Å². The Kier molecular flexibility index (Phi) is 4.55. The fourth-order valence-electron chi connectivity index (χ4n) is 0.705. The van der Waals surface area contributed by atoms with Crippen molar-refractivity contribution in [3.8, 4) is 0 Å². The van der Waals surface area contributed by atoms with E-state index in [1.54, 1.807) is 7.11 Å². The van der Waals surface area contributed by atoms with E-state index in [0.29, 0.717) is 0 Å². The third kappa shape index (κ3) is 6.86. The average molecular weight is 203 g/mol. The van der Waals surface area contributed by atoms with Gasteiger partial charge in [0, 0.05) is 7.11 Å². The lowest BCUT2D eigenvalue weighted by molar-refractivity contribution is -0.150. The molecule has 14 heavy (non-hydrogen) atoms. The van der Waals surface area contributed by atoms with Crippen LogP contribution in [-0.4, -0.2) is 24.2 Å². The molecule has 0 heterocycles. The van der Waals surface area contributed by atoms with E-state index in [0.717, 1.165) is 0 Å². The highest BCUT2D eigenvalue weighted by Crippen LogP contribution is 2.12. The second-order valence-electron chi connectivity index (χ2n) is 4.88. The Morgan fingerprint density at radius 1 is 1.21 bits per heavy atom. The molecule has 0 atom stereocenters. The Morgan fingerprint density at radius 3 is 2.07 bits per heavy atom. The molecule has 0 radical (unpaired) electrons. The predicted molar refractivity (Wildman–Crippen MR) is 54.7 cm³/mol. The van der Waals surface area contributed by atoms with Crippen LogP contribution in [0.25, 0.3) is 0 Å². The van der Waals surface area contributed by atoms with Crippen molar-refractivity contribution in [2.45, 2.75) is 52.2 Å². The molecule has 1 amide bonds.